The van der Waals surface area contributed by atoms with E-state index >= 15 is 0 Å². The molecule has 4 heterocycles. The first kappa shape index (κ1) is 54.4. The molecule has 384 valence electrons. The summed E-state index contributed by atoms with van der Waals surface area (Å²) in [6, 6.07) is 29.1. The second kappa shape index (κ2) is 22.7. The highest BCUT2D eigenvalue weighted by Crippen LogP contribution is 2.36. The smallest absolute Gasteiger partial charge is 0.343 e. The molecule has 0 spiro atoms. The average Bonchev–Trinajstić information content (AvgIpc) is 3.37. The molecule has 19 nitrogen and oxygen atoms in total. The number of benzene rings is 3. The molecule has 2 amide bonds. The summed E-state index contributed by atoms with van der Waals surface area (Å²) in [5.74, 6) is -1.78. The lowest BCUT2D eigenvalue weighted by atomic mass is 9.93. The van der Waals surface area contributed by atoms with Crippen LogP contribution in [-0.4, -0.2) is 92.4 Å². The molecule has 0 saturated carbocycles. The van der Waals surface area contributed by atoms with Crippen LogP contribution in [-0.2, 0) is 31.1 Å². The third-order valence-electron chi connectivity index (χ3n) is 11.4. The lowest BCUT2D eigenvalue weighted by Crippen LogP contribution is -2.41. The third kappa shape index (κ3) is 12.8. The minimum atomic E-state index is -3.78. The van der Waals surface area contributed by atoms with Crippen LogP contribution in [0.5, 0.6) is 23.0 Å². The van der Waals surface area contributed by atoms with E-state index in [1.165, 1.54) is 19.4 Å². The van der Waals surface area contributed by atoms with Gasteiger partial charge in [0.1, 0.15) is 28.4 Å². The highest BCUT2D eigenvalue weighted by atomic mass is 32.2. The van der Waals surface area contributed by atoms with Crippen molar-refractivity contribution in [1.29, 1.82) is 0 Å². The van der Waals surface area contributed by atoms with Gasteiger partial charge in [-0.1, -0.05) is 56.3 Å². The molecule has 0 bridgehead atoms. The van der Waals surface area contributed by atoms with E-state index in [4.69, 9.17) is 14.2 Å². The maximum atomic E-state index is 13.8. The van der Waals surface area contributed by atoms with Gasteiger partial charge < -0.3 is 30.0 Å². The summed E-state index contributed by atoms with van der Waals surface area (Å²) in [6.07, 6.45) is 3.70. The van der Waals surface area contributed by atoms with Crippen molar-refractivity contribution in [3.63, 3.8) is 0 Å². The molecule has 3 aromatic carbocycles. The van der Waals surface area contributed by atoms with Gasteiger partial charge in [-0.3, -0.25) is 28.6 Å². The number of nitrogens with one attached hydrogen (secondary N) is 3. The van der Waals surface area contributed by atoms with Crippen LogP contribution in [0.3, 0.4) is 0 Å². The molecule has 7 rings (SSSR count). The minimum absolute atomic E-state index is 0.0219. The number of amides is 2. The Morgan fingerprint density at radius 3 is 1.74 bits per heavy atom. The fourth-order valence-electron chi connectivity index (χ4n) is 7.52. The Labute approximate surface area is 424 Å². The Morgan fingerprint density at radius 1 is 0.658 bits per heavy atom. The summed E-state index contributed by atoms with van der Waals surface area (Å²) in [5.41, 5.74) is -0.435. The van der Waals surface area contributed by atoms with E-state index in [1.54, 1.807) is 141 Å². The van der Waals surface area contributed by atoms with E-state index in [2.05, 4.69) is 35.3 Å². The Morgan fingerprint density at radius 2 is 1.19 bits per heavy atom. The molecule has 0 aliphatic heterocycles. The van der Waals surface area contributed by atoms with E-state index in [-0.39, 0.29) is 62.3 Å². The maximum absolute atomic E-state index is 13.8. The lowest BCUT2D eigenvalue weighted by Gasteiger charge is -2.28. The Balaban J connectivity index is 0.000000243. The monoisotopic (exact) mass is 1030 g/mol. The van der Waals surface area contributed by atoms with Crippen LogP contribution in [0.25, 0.3) is 21.8 Å². The first-order valence-corrected chi connectivity index (χ1v) is 26.3. The number of fused-ring (bicyclic) bond motifs is 2. The van der Waals surface area contributed by atoms with Gasteiger partial charge in [0.05, 0.1) is 42.4 Å². The van der Waals surface area contributed by atoms with Crippen LogP contribution in [0.4, 0.5) is 11.6 Å². The van der Waals surface area contributed by atoms with Crippen molar-refractivity contribution in [3.8, 4) is 23.0 Å². The maximum Gasteiger partial charge on any atom is 0.343 e. The number of hydrogen-bond acceptors (Lipinski definition) is 15. The van der Waals surface area contributed by atoms with Crippen molar-refractivity contribution in [1.82, 2.24) is 30.6 Å². The van der Waals surface area contributed by atoms with Crippen LogP contribution in [0.2, 0.25) is 0 Å². The second-order valence-corrected chi connectivity index (χ2v) is 21.6. The largest absolute Gasteiger partial charge is 0.504 e. The van der Waals surface area contributed by atoms with E-state index < -0.39 is 54.7 Å². The van der Waals surface area contributed by atoms with E-state index in [0.717, 1.165) is 15.4 Å². The van der Waals surface area contributed by atoms with Crippen molar-refractivity contribution in [2.24, 2.45) is 0 Å². The molecule has 0 radical (unpaired) electrons. The number of carbonyl (C=O) groups excluding carboxylic acids is 3. The number of carbonyl (C=O) groups is 3. The first-order chi connectivity index (χ1) is 34.6. The summed E-state index contributed by atoms with van der Waals surface area (Å²) in [6.45, 7) is 10.7. The van der Waals surface area contributed by atoms with Crippen molar-refractivity contribution in [2.75, 3.05) is 41.8 Å². The number of ether oxygens (including phenoxy) is 3. The molecule has 0 unspecified atom stereocenters. The normalized spacial score (nSPS) is 11.7. The van der Waals surface area contributed by atoms with Gasteiger partial charge >= 0.3 is 5.97 Å². The van der Waals surface area contributed by atoms with Gasteiger partial charge in [-0.25, -0.2) is 31.6 Å². The number of rotatable bonds is 18. The topological polar surface area (TPSA) is 258 Å². The van der Waals surface area contributed by atoms with Gasteiger partial charge in [0.25, 0.3) is 11.8 Å². The number of aromatic hydroxyl groups is 1. The summed E-state index contributed by atoms with van der Waals surface area (Å²) in [7, 11) is -2.98. The van der Waals surface area contributed by atoms with E-state index in [0.29, 0.717) is 29.7 Å². The highest BCUT2D eigenvalue weighted by molar-refractivity contribution is 7.93. The molecule has 4 aromatic heterocycles. The third-order valence-corrected chi connectivity index (χ3v) is 14.8. The molecule has 73 heavy (non-hydrogen) atoms. The minimum Gasteiger partial charge on any atom is -0.504 e. The van der Waals surface area contributed by atoms with Crippen molar-refractivity contribution >= 4 is 71.3 Å². The van der Waals surface area contributed by atoms with Gasteiger partial charge in [-0.05, 0) is 112 Å². The van der Waals surface area contributed by atoms with Crippen LogP contribution in [0, 0.1) is 0 Å². The SMILES string of the molecule is CCCS(=O)(=O)N(C)c1nc(C(=O)NC(C)(C)c2cccc(OC)c2)c(O)c2ncccc12.CCCS(=O)(=O)Nc1nc(C(=O)NC(C)(C)c2cccc(OC)c2)c(OC(=O)c2ccccc2)c2ncccc12. The predicted molar refractivity (Wildman–Crippen MR) is 279 cm³/mol. The van der Waals surface area contributed by atoms with Crippen molar-refractivity contribution in [3.05, 3.63) is 144 Å². The molecule has 4 N–H and O–H groups in total. The molecule has 0 saturated heterocycles. The Bertz CT molecular complexity index is 3390. The lowest BCUT2D eigenvalue weighted by molar-refractivity contribution is 0.0731. The van der Waals surface area contributed by atoms with Crippen LogP contribution >= 0.6 is 0 Å². The summed E-state index contributed by atoms with van der Waals surface area (Å²) < 4.78 is 70.6. The number of methoxy groups -OCH3 is 2. The van der Waals surface area contributed by atoms with E-state index in [1.807, 2.05) is 18.2 Å². The average molecular weight is 1040 g/mol. The van der Waals surface area contributed by atoms with Gasteiger partial charge in [-0.2, -0.15) is 0 Å². The number of aromatic nitrogens is 4. The van der Waals surface area contributed by atoms with Gasteiger partial charge in [0, 0.05) is 30.2 Å². The van der Waals surface area contributed by atoms with Crippen LogP contribution < -0.4 is 33.9 Å². The number of nitrogens with zero attached hydrogens (tertiary/aromatic N) is 5. The molecule has 0 aliphatic rings. The zero-order valence-corrected chi connectivity index (χ0v) is 43.5. The summed E-state index contributed by atoms with van der Waals surface area (Å²) in [4.78, 5) is 57.3. The predicted octanol–water partition coefficient (Wildman–Crippen LogP) is 7.86. The number of pyridine rings is 4. The molecular formula is C52H58N8O11S2. The Kier molecular flexibility index (Phi) is 16.9. The van der Waals surface area contributed by atoms with Gasteiger partial charge in [0.2, 0.25) is 20.0 Å². The molecule has 21 heteroatoms. The van der Waals surface area contributed by atoms with Crippen molar-refractivity contribution in [2.45, 2.75) is 65.5 Å². The number of esters is 1. The molecule has 0 fully saturated rings. The quantitative estimate of drug-likeness (QED) is 0.0597. The van der Waals surface area contributed by atoms with Gasteiger partial charge in [0.15, 0.2) is 28.7 Å². The fourth-order valence-corrected chi connectivity index (χ4v) is 9.80. The summed E-state index contributed by atoms with van der Waals surface area (Å²) in [5, 5.41) is 17.2. The van der Waals surface area contributed by atoms with Crippen LogP contribution in [0.15, 0.2) is 116 Å². The van der Waals surface area contributed by atoms with Crippen LogP contribution in [0.1, 0.15) is 96.8 Å². The number of anilines is 2. The highest BCUT2D eigenvalue weighted by Gasteiger charge is 2.32. The van der Waals surface area contributed by atoms with E-state index in [9.17, 15) is 36.3 Å². The molecule has 0 atom stereocenters. The number of sulfonamides is 2. The van der Waals surface area contributed by atoms with Crippen molar-refractivity contribution < 1.29 is 50.5 Å². The standard InChI is InChI=1S/C29H30N4O6S.C23H28N4O5S/c1-5-17-40(36,37)33-26-22-15-10-16-30-23(22)25(39-28(35)19-11-7-6-8-12-19)24(31-26)27(34)32-29(2,3)20-13-9-14-21(18-20)38-4;1-6-13-33(30,31)27(4)21-17-11-8-12-24-18(17)20(28)19(25-21)22(29)26-23(2,3)15-9-7-10-16(14-15)32-5/h6-16,18H,5,17H2,1-4H3,(H,31,33)(H,32,34);7-12,14,28H,6,13H2,1-5H3,(H,26,29). The molecule has 0 aliphatic carbocycles. The fraction of sp³-hybridized carbons (Fsp3) is 0.288. The van der Waals surface area contributed by atoms with Gasteiger partial charge in [-0.15, -0.1) is 0 Å². The molecular weight excluding hydrogens is 977 g/mol. The second-order valence-electron chi connectivity index (χ2n) is 17.7. The summed E-state index contributed by atoms with van der Waals surface area (Å²) >= 11 is 0. The first-order valence-electron chi connectivity index (χ1n) is 23.0. The zero-order valence-electron chi connectivity index (χ0n) is 41.9. The molecule has 7 aromatic rings. The Hall–Kier alpha value is -7.91. The number of hydrogen-bond donors (Lipinski definition) is 4. The zero-order chi connectivity index (χ0) is 53.3.